The van der Waals surface area contributed by atoms with E-state index < -0.39 is 0 Å². The van der Waals surface area contributed by atoms with Crippen LogP contribution in [0.4, 0.5) is 0 Å². The number of carbonyl (C=O) groups is 1. The summed E-state index contributed by atoms with van der Waals surface area (Å²) in [7, 11) is 0. The van der Waals surface area contributed by atoms with Crippen molar-refractivity contribution in [3.8, 4) is 0 Å². The van der Waals surface area contributed by atoms with Gasteiger partial charge >= 0.3 is 0 Å². The van der Waals surface area contributed by atoms with Crippen molar-refractivity contribution in [2.24, 2.45) is 17.6 Å². The molecule has 1 amide bonds. The molecule has 4 nitrogen and oxygen atoms in total. The lowest BCUT2D eigenvalue weighted by molar-refractivity contribution is -0.126. The van der Waals surface area contributed by atoms with E-state index in [1.807, 2.05) is 0 Å². The summed E-state index contributed by atoms with van der Waals surface area (Å²) in [6.07, 6.45) is 7.98. The Morgan fingerprint density at radius 2 is 2.17 bits per heavy atom. The van der Waals surface area contributed by atoms with E-state index in [9.17, 15) is 4.79 Å². The third kappa shape index (κ3) is 3.95. The van der Waals surface area contributed by atoms with Gasteiger partial charge in [0.15, 0.2) is 0 Å². The SMILES string of the molecule is NCC1CCCC(C(=O)NCCC2CCCO2)C1. The molecule has 3 N–H and O–H groups in total. The number of nitrogens with two attached hydrogens (primary N) is 1. The molecule has 4 heteroatoms. The molecule has 0 aromatic rings. The fraction of sp³-hybridized carbons (Fsp3) is 0.929. The number of ether oxygens (including phenoxy) is 1. The third-order valence-electron chi connectivity index (χ3n) is 4.28. The van der Waals surface area contributed by atoms with E-state index in [1.165, 1.54) is 12.8 Å². The molecule has 3 atom stereocenters. The minimum absolute atomic E-state index is 0.191. The molecule has 1 aliphatic heterocycles. The van der Waals surface area contributed by atoms with E-state index in [0.29, 0.717) is 12.0 Å². The highest BCUT2D eigenvalue weighted by Crippen LogP contribution is 2.28. The van der Waals surface area contributed by atoms with Crippen LogP contribution in [0.25, 0.3) is 0 Å². The Morgan fingerprint density at radius 3 is 2.89 bits per heavy atom. The summed E-state index contributed by atoms with van der Waals surface area (Å²) in [4.78, 5) is 12.0. The molecule has 0 aromatic carbocycles. The fourth-order valence-electron chi connectivity index (χ4n) is 3.12. The lowest BCUT2D eigenvalue weighted by Gasteiger charge is -2.27. The van der Waals surface area contributed by atoms with Crippen LogP contribution in [-0.2, 0) is 9.53 Å². The van der Waals surface area contributed by atoms with Crippen LogP contribution in [0.3, 0.4) is 0 Å². The standard InChI is InChI=1S/C14H26N2O2/c15-10-11-3-1-4-12(9-11)14(17)16-7-6-13-5-2-8-18-13/h11-13H,1-10,15H2,(H,16,17). The van der Waals surface area contributed by atoms with Crippen LogP contribution >= 0.6 is 0 Å². The number of hydrogen-bond acceptors (Lipinski definition) is 3. The van der Waals surface area contributed by atoms with Crippen LogP contribution in [0.2, 0.25) is 0 Å². The van der Waals surface area contributed by atoms with Gasteiger partial charge in [0, 0.05) is 19.1 Å². The third-order valence-corrected chi connectivity index (χ3v) is 4.28. The van der Waals surface area contributed by atoms with E-state index in [2.05, 4.69) is 5.32 Å². The number of hydrogen-bond donors (Lipinski definition) is 2. The molecule has 1 aliphatic carbocycles. The molecule has 1 saturated carbocycles. The Balaban J connectivity index is 1.64. The molecule has 18 heavy (non-hydrogen) atoms. The maximum absolute atomic E-state index is 12.0. The second-order valence-corrected chi connectivity index (χ2v) is 5.68. The number of nitrogens with one attached hydrogen (secondary N) is 1. The number of rotatable bonds is 5. The molecule has 0 radical (unpaired) electrons. The van der Waals surface area contributed by atoms with Gasteiger partial charge in [-0.1, -0.05) is 6.42 Å². The molecule has 104 valence electrons. The molecular formula is C14H26N2O2. The zero-order chi connectivity index (χ0) is 12.8. The lowest BCUT2D eigenvalue weighted by atomic mass is 9.81. The highest BCUT2D eigenvalue weighted by molar-refractivity contribution is 5.78. The molecule has 0 bridgehead atoms. The van der Waals surface area contributed by atoms with Crippen LogP contribution in [0, 0.1) is 11.8 Å². The Kier molecular flexibility index (Phi) is 5.45. The quantitative estimate of drug-likeness (QED) is 0.780. The molecule has 1 saturated heterocycles. The van der Waals surface area contributed by atoms with Crippen molar-refractivity contribution in [1.82, 2.24) is 5.32 Å². The smallest absolute Gasteiger partial charge is 0.223 e. The molecule has 2 fully saturated rings. The zero-order valence-electron chi connectivity index (χ0n) is 11.2. The monoisotopic (exact) mass is 254 g/mol. The van der Waals surface area contributed by atoms with Gasteiger partial charge in [0.25, 0.3) is 0 Å². The second-order valence-electron chi connectivity index (χ2n) is 5.68. The van der Waals surface area contributed by atoms with Crippen LogP contribution in [-0.4, -0.2) is 31.7 Å². The van der Waals surface area contributed by atoms with E-state index in [0.717, 1.165) is 51.8 Å². The maximum atomic E-state index is 12.0. The van der Waals surface area contributed by atoms with Crippen LogP contribution in [0.5, 0.6) is 0 Å². The molecule has 2 rings (SSSR count). The van der Waals surface area contributed by atoms with Gasteiger partial charge in [0.1, 0.15) is 0 Å². The molecule has 2 aliphatic rings. The first-order valence-corrected chi connectivity index (χ1v) is 7.39. The first kappa shape index (κ1) is 13.8. The molecule has 1 heterocycles. The average Bonchev–Trinajstić information content (AvgIpc) is 2.92. The van der Waals surface area contributed by atoms with E-state index in [4.69, 9.17) is 10.5 Å². The van der Waals surface area contributed by atoms with E-state index in [-0.39, 0.29) is 11.8 Å². The first-order valence-electron chi connectivity index (χ1n) is 7.39. The van der Waals surface area contributed by atoms with E-state index in [1.54, 1.807) is 0 Å². The number of amides is 1. The zero-order valence-corrected chi connectivity index (χ0v) is 11.2. The van der Waals surface area contributed by atoms with Crippen molar-refractivity contribution in [2.75, 3.05) is 19.7 Å². The number of carbonyl (C=O) groups excluding carboxylic acids is 1. The van der Waals surface area contributed by atoms with Crippen molar-refractivity contribution in [1.29, 1.82) is 0 Å². The van der Waals surface area contributed by atoms with Crippen LogP contribution < -0.4 is 11.1 Å². The molecule has 3 unspecified atom stereocenters. The average molecular weight is 254 g/mol. The first-order chi connectivity index (χ1) is 8.79. The highest BCUT2D eigenvalue weighted by Gasteiger charge is 2.26. The maximum Gasteiger partial charge on any atom is 0.223 e. The lowest BCUT2D eigenvalue weighted by Crippen LogP contribution is -2.36. The van der Waals surface area contributed by atoms with Gasteiger partial charge in [0.05, 0.1) is 6.10 Å². The summed E-state index contributed by atoms with van der Waals surface area (Å²) in [5, 5.41) is 3.06. The largest absolute Gasteiger partial charge is 0.378 e. The van der Waals surface area contributed by atoms with Crippen molar-refractivity contribution < 1.29 is 9.53 Å². The minimum Gasteiger partial charge on any atom is -0.378 e. The summed E-state index contributed by atoms with van der Waals surface area (Å²) in [5.41, 5.74) is 5.70. The highest BCUT2D eigenvalue weighted by atomic mass is 16.5. The molecular weight excluding hydrogens is 228 g/mol. The fourth-order valence-corrected chi connectivity index (χ4v) is 3.12. The van der Waals surface area contributed by atoms with Gasteiger partial charge in [-0.2, -0.15) is 0 Å². The van der Waals surface area contributed by atoms with Crippen LogP contribution in [0.1, 0.15) is 44.9 Å². The van der Waals surface area contributed by atoms with Crippen LogP contribution in [0.15, 0.2) is 0 Å². The van der Waals surface area contributed by atoms with Gasteiger partial charge in [-0.15, -0.1) is 0 Å². The summed E-state index contributed by atoms with van der Waals surface area (Å²) in [5.74, 6) is 0.968. The summed E-state index contributed by atoms with van der Waals surface area (Å²) < 4.78 is 5.55. The van der Waals surface area contributed by atoms with Gasteiger partial charge in [-0.05, 0) is 51.0 Å². The van der Waals surface area contributed by atoms with Gasteiger partial charge < -0.3 is 15.8 Å². The predicted octanol–water partition coefficient (Wildman–Crippen LogP) is 1.44. The minimum atomic E-state index is 0.191. The summed E-state index contributed by atoms with van der Waals surface area (Å²) in [6, 6.07) is 0. The normalized spacial score (nSPS) is 32.4. The van der Waals surface area contributed by atoms with Crippen molar-refractivity contribution in [3.05, 3.63) is 0 Å². The van der Waals surface area contributed by atoms with Gasteiger partial charge in [-0.25, -0.2) is 0 Å². The summed E-state index contributed by atoms with van der Waals surface area (Å²) in [6.45, 7) is 2.37. The Bertz CT molecular complexity index is 265. The van der Waals surface area contributed by atoms with Gasteiger partial charge in [-0.3, -0.25) is 4.79 Å². The molecule has 0 aromatic heterocycles. The van der Waals surface area contributed by atoms with Crippen molar-refractivity contribution in [2.45, 2.75) is 51.0 Å². The van der Waals surface area contributed by atoms with Crippen molar-refractivity contribution in [3.63, 3.8) is 0 Å². The second kappa shape index (κ2) is 7.10. The topological polar surface area (TPSA) is 64.4 Å². The Hall–Kier alpha value is -0.610. The molecule has 0 spiro atoms. The Labute approximate surface area is 110 Å². The van der Waals surface area contributed by atoms with Gasteiger partial charge in [0.2, 0.25) is 5.91 Å². The Morgan fingerprint density at radius 1 is 1.28 bits per heavy atom. The predicted molar refractivity (Wildman–Crippen MR) is 71.1 cm³/mol. The van der Waals surface area contributed by atoms with E-state index >= 15 is 0 Å². The van der Waals surface area contributed by atoms with Crippen molar-refractivity contribution >= 4 is 5.91 Å². The summed E-state index contributed by atoms with van der Waals surface area (Å²) >= 11 is 0.